The third kappa shape index (κ3) is 5.86. The molecule has 0 aliphatic heterocycles. The second-order valence-corrected chi connectivity index (χ2v) is 7.77. The fraction of sp³-hybridized carbons (Fsp3) is 0.500. The van der Waals surface area contributed by atoms with Crippen molar-refractivity contribution in [1.82, 2.24) is 4.72 Å². The second kappa shape index (κ2) is 9.01. The lowest BCUT2D eigenvalue weighted by molar-refractivity contribution is -0.114. The Bertz CT molecular complexity index is 741. The Hall–Kier alpha value is -1.86. The summed E-state index contributed by atoms with van der Waals surface area (Å²) >= 11 is 0. The number of ether oxygens (including phenoxy) is 1. The molecular weight excluding hydrogens is 340 g/mol. The summed E-state index contributed by atoms with van der Waals surface area (Å²) in [7, 11) is -3.73. The average molecular weight is 366 g/mol. The van der Waals surface area contributed by atoms with Crippen molar-refractivity contribution in [2.45, 2.75) is 50.8 Å². The summed E-state index contributed by atoms with van der Waals surface area (Å²) in [6.45, 7) is 3.88. The topological polar surface area (TPSA) is 84.5 Å². The van der Waals surface area contributed by atoms with Crippen LogP contribution in [0, 0.1) is 0 Å². The Balaban J connectivity index is 2.14. The minimum Gasteiger partial charge on any atom is -0.492 e. The quantitative estimate of drug-likeness (QED) is 0.692. The highest BCUT2D eigenvalue weighted by Crippen LogP contribution is 2.28. The molecule has 6 nitrogen and oxygen atoms in total. The molecule has 0 unspecified atom stereocenters. The van der Waals surface area contributed by atoms with Gasteiger partial charge in [0.05, 0.1) is 6.61 Å². The number of amides is 1. The highest BCUT2D eigenvalue weighted by molar-refractivity contribution is 7.89. The van der Waals surface area contributed by atoms with E-state index in [9.17, 15) is 13.2 Å². The van der Waals surface area contributed by atoms with Crippen LogP contribution in [-0.2, 0) is 14.8 Å². The third-order valence-electron chi connectivity index (χ3n) is 3.98. The van der Waals surface area contributed by atoms with Crippen LogP contribution in [0.3, 0.4) is 0 Å². The van der Waals surface area contributed by atoms with Crippen molar-refractivity contribution in [1.29, 1.82) is 0 Å². The van der Waals surface area contributed by atoms with Crippen LogP contribution in [0.25, 0.3) is 0 Å². The van der Waals surface area contributed by atoms with E-state index in [1.54, 1.807) is 19.1 Å². The lowest BCUT2D eigenvalue weighted by Gasteiger charge is -2.15. The smallest absolute Gasteiger partial charge is 0.244 e. The molecule has 1 aliphatic carbocycles. The fourth-order valence-corrected chi connectivity index (χ4v) is 4.03. The molecule has 2 N–H and O–H groups in total. The van der Waals surface area contributed by atoms with Crippen molar-refractivity contribution in [2.24, 2.45) is 0 Å². The number of benzene rings is 1. The van der Waals surface area contributed by atoms with Gasteiger partial charge in [0.15, 0.2) is 0 Å². The first-order valence-electron chi connectivity index (χ1n) is 8.64. The van der Waals surface area contributed by atoms with Crippen LogP contribution >= 0.6 is 0 Å². The molecule has 1 aliphatic rings. The van der Waals surface area contributed by atoms with Gasteiger partial charge in [-0.15, -0.1) is 0 Å². The van der Waals surface area contributed by atoms with Crippen molar-refractivity contribution in [3.63, 3.8) is 0 Å². The molecule has 0 heterocycles. The van der Waals surface area contributed by atoms with Gasteiger partial charge in [-0.2, -0.15) is 0 Å². The Kier molecular flexibility index (Phi) is 7.01. The number of nitrogens with one attached hydrogen (secondary N) is 2. The van der Waals surface area contributed by atoms with Gasteiger partial charge in [0.25, 0.3) is 0 Å². The summed E-state index contributed by atoms with van der Waals surface area (Å²) in [6, 6.07) is 4.61. The first-order valence-corrected chi connectivity index (χ1v) is 10.1. The standard InChI is InChI=1S/C18H26N2O4S/c1-3-24-17-10-9-16(20-14(2)21)13-18(17)25(22,23)19-12-11-15-7-5-4-6-8-15/h7,9-10,13,19H,3-6,8,11-12H2,1-2H3,(H,20,21). The molecule has 0 saturated carbocycles. The molecular formula is C18H26N2O4S. The number of hydrogen-bond donors (Lipinski definition) is 2. The van der Waals surface area contributed by atoms with Crippen molar-refractivity contribution in [3.05, 3.63) is 29.8 Å². The van der Waals surface area contributed by atoms with Gasteiger partial charge in [0.2, 0.25) is 15.9 Å². The largest absolute Gasteiger partial charge is 0.492 e. The maximum absolute atomic E-state index is 12.7. The van der Waals surface area contributed by atoms with Crippen molar-refractivity contribution in [3.8, 4) is 5.75 Å². The molecule has 0 radical (unpaired) electrons. The number of allylic oxidation sites excluding steroid dienone is 1. The molecule has 1 aromatic rings. The molecule has 0 fully saturated rings. The Morgan fingerprint density at radius 2 is 2.08 bits per heavy atom. The average Bonchev–Trinajstić information content (AvgIpc) is 2.57. The SMILES string of the molecule is CCOc1ccc(NC(C)=O)cc1S(=O)(=O)NCCC1=CCCCC1. The monoisotopic (exact) mass is 366 g/mol. The molecule has 1 aromatic carbocycles. The molecule has 0 atom stereocenters. The van der Waals surface area contributed by atoms with E-state index in [1.165, 1.54) is 31.4 Å². The third-order valence-corrected chi connectivity index (χ3v) is 5.46. The van der Waals surface area contributed by atoms with Crippen LogP contribution < -0.4 is 14.8 Å². The predicted octanol–water partition coefficient (Wildman–Crippen LogP) is 3.21. The molecule has 0 saturated heterocycles. The van der Waals surface area contributed by atoms with Gasteiger partial charge in [-0.05, 0) is 57.2 Å². The summed E-state index contributed by atoms with van der Waals surface area (Å²) < 4.78 is 33.4. The molecule has 0 spiro atoms. The Morgan fingerprint density at radius 3 is 2.72 bits per heavy atom. The zero-order valence-electron chi connectivity index (χ0n) is 14.8. The lowest BCUT2D eigenvalue weighted by Crippen LogP contribution is -2.26. The normalized spacial score (nSPS) is 14.7. The first kappa shape index (κ1) is 19.5. The first-order chi connectivity index (χ1) is 11.9. The maximum Gasteiger partial charge on any atom is 0.244 e. The summed E-state index contributed by atoms with van der Waals surface area (Å²) in [5, 5.41) is 2.60. The number of hydrogen-bond acceptors (Lipinski definition) is 4. The van der Waals surface area contributed by atoms with E-state index in [1.807, 2.05) is 0 Å². The van der Waals surface area contributed by atoms with E-state index < -0.39 is 10.0 Å². The van der Waals surface area contributed by atoms with Crippen molar-refractivity contribution in [2.75, 3.05) is 18.5 Å². The van der Waals surface area contributed by atoms with Crippen molar-refractivity contribution < 1.29 is 17.9 Å². The lowest BCUT2D eigenvalue weighted by atomic mass is 9.97. The number of carbonyl (C=O) groups is 1. The number of anilines is 1. The van der Waals surface area contributed by atoms with Gasteiger partial charge in [0.1, 0.15) is 10.6 Å². The molecule has 138 valence electrons. The number of carbonyl (C=O) groups excluding carboxylic acids is 1. The van der Waals surface area contributed by atoms with Crippen LogP contribution in [0.4, 0.5) is 5.69 Å². The van der Waals surface area contributed by atoms with Gasteiger partial charge in [-0.3, -0.25) is 4.79 Å². The summed E-state index contributed by atoms with van der Waals surface area (Å²) in [5.74, 6) is 0.0192. The second-order valence-electron chi connectivity index (χ2n) is 6.03. The van der Waals surface area contributed by atoms with Gasteiger partial charge in [0, 0.05) is 19.2 Å². The van der Waals surface area contributed by atoms with Crippen LogP contribution in [-0.4, -0.2) is 27.5 Å². The highest BCUT2D eigenvalue weighted by Gasteiger charge is 2.20. The summed E-state index contributed by atoms with van der Waals surface area (Å²) in [6.07, 6.45) is 7.43. The summed E-state index contributed by atoms with van der Waals surface area (Å²) in [5.41, 5.74) is 1.73. The Labute approximate surface area is 149 Å². The van der Waals surface area contributed by atoms with Crippen molar-refractivity contribution >= 4 is 21.6 Å². The van der Waals surface area contributed by atoms with E-state index >= 15 is 0 Å². The van der Waals surface area contributed by atoms with E-state index in [4.69, 9.17) is 4.74 Å². The molecule has 2 rings (SSSR count). The fourth-order valence-electron chi connectivity index (χ4n) is 2.83. The number of rotatable bonds is 8. The van der Waals surface area contributed by atoms with E-state index in [0.29, 0.717) is 25.3 Å². The number of sulfonamides is 1. The zero-order valence-corrected chi connectivity index (χ0v) is 15.6. The predicted molar refractivity (Wildman–Crippen MR) is 98.3 cm³/mol. The minimum absolute atomic E-state index is 0.0400. The molecule has 7 heteroatoms. The summed E-state index contributed by atoms with van der Waals surface area (Å²) in [4.78, 5) is 11.3. The molecule has 0 bridgehead atoms. The van der Waals surface area contributed by atoms with Crippen LogP contribution in [0.15, 0.2) is 34.7 Å². The van der Waals surface area contributed by atoms with Gasteiger partial charge >= 0.3 is 0 Å². The minimum atomic E-state index is -3.73. The van der Waals surface area contributed by atoms with Gasteiger partial charge in [-0.25, -0.2) is 13.1 Å². The molecule has 25 heavy (non-hydrogen) atoms. The van der Waals surface area contributed by atoms with Gasteiger partial charge < -0.3 is 10.1 Å². The zero-order chi connectivity index (χ0) is 18.3. The van der Waals surface area contributed by atoms with E-state index in [-0.39, 0.29) is 16.6 Å². The highest BCUT2D eigenvalue weighted by atomic mass is 32.2. The van der Waals surface area contributed by atoms with E-state index in [2.05, 4.69) is 16.1 Å². The maximum atomic E-state index is 12.7. The van der Waals surface area contributed by atoms with Gasteiger partial charge in [-0.1, -0.05) is 11.6 Å². The van der Waals surface area contributed by atoms with E-state index in [0.717, 1.165) is 12.8 Å². The van der Waals surface area contributed by atoms with Crippen LogP contribution in [0.5, 0.6) is 5.75 Å². The molecule has 0 aromatic heterocycles. The molecule has 1 amide bonds. The van der Waals surface area contributed by atoms with Crippen LogP contribution in [0.2, 0.25) is 0 Å². The van der Waals surface area contributed by atoms with Crippen LogP contribution in [0.1, 0.15) is 46.0 Å². The Morgan fingerprint density at radius 1 is 1.28 bits per heavy atom.